The Balaban J connectivity index is 0.000000237. The lowest BCUT2D eigenvalue weighted by molar-refractivity contribution is -0.146. The number of rotatable bonds is 13. The third-order valence-electron chi connectivity index (χ3n) is 9.07. The number of benzene rings is 4. The van der Waals surface area contributed by atoms with E-state index in [-0.39, 0.29) is 64.9 Å². The van der Waals surface area contributed by atoms with Gasteiger partial charge in [-0.05, 0) is 96.0 Å². The van der Waals surface area contributed by atoms with E-state index < -0.39 is 47.8 Å². The maximum atomic E-state index is 14.1. The molecule has 0 aliphatic carbocycles. The lowest BCUT2D eigenvalue weighted by Gasteiger charge is -2.26. The van der Waals surface area contributed by atoms with Gasteiger partial charge in [0.2, 0.25) is 17.7 Å². The molecule has 63 heavy (non-hydrogen) atoms. The van der Waals surface area contributed by atoms with Crippen molar-refractivity contribution in [1.29, 1.82) is 0 Å². The molecule has 332 valence electrons. The van der Waals surface area contributed by atoms with Crippen LogP contribution in [0.4, 0.5) is 20.2 Å². The molecule has 0 spiro atoms. The van der Waals surface area contributed by atoms with Crippen LogP contribution in [0.15, 0.2) is 93.9 Å². The molecule has 0 aliphatic rings. The van der Waals surface area contributed by atoms with E-state index in [9.17, 15) is 37.5 Å². The second-order valence-corrected chi connectivity index (χ2v) is 15.9. The Morgan fingerprint density at radius 3 is 1.51 bits per heavy atom. The first-order chi connectivity index (χ1) is 29.7. The molecule has 0 fully saturated rings. The summed E-state index contributed by atoms with van der Waals surface area (Å²) in [4.78, 5) is 74.5. The molecule has 0 bridgehead atoms. The van der Waals surface area contributed by atoms with Gasteiger partial charge < -0.3 is 37.4 Å². The Morgan fingerprint density at radius 2 is 1.10 bits per heavy atom. The maximum Gasteiger partial charge on any atom is 0.323 e. The third kappa shape index (κ3) is 12.7. The fourth-order valence-electron chi connectivity index (χ4n) is 6.03. The molecule has 6 aromatic rings. The molecule has 17 nitrogen and oxygen atoms in total. The summed E-state index contributed by atoms with van der Waals surface area (Å²) in [7, 11) is 0. The molecule has 5 amide bonds. The second-order valence-electron chi connectivity index (χ2n) is 14.2. The fourth-order valence-corrected chi connectivity index (χ4v) is 6.77. The zero-order chi connectivity index (χ0) is 46.7. The van der Waals surface area contributed by atoms with Crippen LogP contribution in [0.25, 0.3) is 21.8 Å². The molecule has 0 saturated carbocycles. The van der Waals surface area contributed by atoms with E-state index in [0.29, 0.717) is 26.3 Å². The molecule has 6 rings (SSSR count). The predicted molar refractivity (Wildman–Crippen MR) is 239 cm³/mol. The van der Waals surface area contributed by atoms with Gasteiger partial charge in [0.15, 0.2) is 23.0 Å². The second kappa shape index (κ2) is 21.9. The zero-order valence-electron chi connectivity index (χ0n) is 34.4. The average Bonchev–Trinajstić information content (AvgIpc) is 3.78. The number of anilines is 2. The van der Waals surface area contributed by atoms with Gasteiger partial charge in [-0.3, -0.25) is 38.1 Å². The highest BCUT2D eigenvalue weighted by molar-refractivity contribution is 9.10. The third-order valence-corrected chi connectivity index (χ3v) is 10.3. The minimum absolute atomic E-state index is 0.0136. The quantitative estimate of drug-likeness (QED) is 0.0904. The summed E-state index contributed by atoms with van der Waals surface area (Å²) in [6.07, 6.45) is 0. The Bertz CT molecular complexity index is 2650. The number of amides is 5. The van der Waals surface area contributed by atoms with Crippen molar-refractivity contribution in [2.24, 2.45) is 11.5 Å². The first-order valence-electron chi connectivity index (χ1n) is 19.0. The first kappa shape index (κ1) is 48.9. The van der Waals surface area contributed by atoms with Gasteiger partial charge in [0, 0.05) is 22.9 Å². The monoisotopic (exact) mass is 996 g/mol. The number of hydrogen-bond donors (Lipinski definition) is 5. The molecule has 0 unspecified atom stereocenters. The van der Waals surface area contributed by atoms with Crippen LogP contribution in [0.3, 0.4) is 0 Å². The van der Waals surface area contributed by atoms with Gasteiger partial charge in [0.05, 0.1) is 31.4 Å². The van der Waals surface area contributed by atoms with Crippen molar-refractivity contribution in [2.45, 2.75) is 52.9 Å². The number of primary amides is 2. The van der Waals surface area contributed by atoms with E-state index in [1.54, 1.807) is 94.4 Å². The fraction of sp³-hybridized carbons (Fsp3) is 0.238. The number of nitrogens with two attached hydrogens (primary N) is 3. The van der Waals surface area contributed by atoms with Gasteiger partial charge in [-0.2, -0.15) is 10.2 Å². The summed E-state index contributed by atoms with van der Waals surface area (Å²) in [6, 6.07) is 22.6. The normalized spacial score (nSPS) is 10.8. The van der Waals surface area contributed by atoms with Gasteiger partial charge >= 0.3 is 5.97 Å². The predicted octanol–water partition coefficient (Wildman–Crippen LogP) is 5.54. The standard InChI is InChI=1S/C21H21BrFN5O3.C15H18N4O4.C6H5BrFN/c1-12(2)27(10-17(29)25-15-8-5-7-14(22)19(15)23)18(30)11-28-16-9-4-3-6-13(16)20(26-28)21(24)31;1-9(2)18(8-13(21)22)12(20)7-19-11-6-4-3-5-10(11)14(17-19)15(16)23;7-4-2-1-3-5(9)6(4)8/h3-9,12H,10-11H2,1-2H3,(H2,24,31)(H,25,29);3-6,9H,7-8H2,1-2H3,(H2,16,23)(H,21,22);1-3H,9H2. The van der Waals surface area contributed by atoms with E-state index in [2.05, 4.69) is 47.4 Å². The van der Waals surface area contributed by atoms with Crippen molar-refractivity contribution in [2.75, 3.05) is 24.1 Å². The first-order valence-corrected chi connectivity index (χ1v) is 20.5. The maximum absolute atomic E-state index is 14.1. The van der Waals surface area contributed by atoms with E-state index >= 15 is 0 Å². The molecular formula is C42H44Br2F2N10O7. The van der Waals surface area contributed by atoms with Gasteiger partial charge in [0.1, 0.15) is 26.2 Å². The summed E-state index contributed by atoms with van der Waals surface area (Å²) in [5.41, 5.74) is 17.4. The summed E-state index contributed by atoms with van der Waals surface area (Å²) in [5.74, 6) is -4.77. The zero-order valence-corrected chi connectivity index (χ0v) is 37.6. The SMILES string of the molecule is CC(C)N(CC(=O)Nc1cccc(Br)c1F)C(=O)Cn1nc(C(N)=O)c2ccccc21.CC(C)N(CC(=O)O)C(=O)Cn1nc(C(N)=O)c2ccccc21.Nc1cccc(Br)c1F. The van der Waals surface area contributed by atoms with Crippen LogP contribution in [0.2, 0.25) is 0 Å². The van der Waals surface area contributed by atoms with Crippen molar-refractivity contribution < 1.29 is 42.7 Å². The average molecular weight is 999 g/mol. The Morgan fingerprint density at radius 1 is 0.667 bits per heavy atom. The van der Waals surface area contributed by atoms with E-state index in [4.69, 9.17) is 22.3 Å². The van der Waals surface area contributed by atoms with Crippen molar-refractivity contribution in [1.82, 2.24) is 29.4 Å². The van der Waals surface area contributed by atoms with Crippen molar-refractivity contribution in [3.8, 4) is 0 Å². The van der Waals surface area contributed by atoms with Gasteiger partial charge in [-0.25, -0.2) is 8.78 Å². The van der Waals surface area contributed by atoms with Crippen molar-refractivity contribution >= 4 is 101 Å². The molecule has 0 aliphatic heterocycles. The number of aromatic nitrogens is 4. The van der Waals surface area contributed by atoms with Gasteiger partial charge in [0.25, 0.3) is 11.8 Å². The number of halogens is 4. The number of nitrogens with zero attached hydrogens (tertiary/aromatic N) is 6. The molecular weight excluding hydrogens is 954 g/mol. The van der Waals surface area contributed by atoms with Gasteiger partial charge in [-0.15, -0.1) is 0 Å². The number of carbonyl (C=O) groups is 6. The molecule has 8 N–H and O–H groups in total. The summed E-state index contributed by atoms with van der Waals surface area (Å²) in [5, 5.41) is 20.8. The number of hydrogen-bond acceptors (Lipinski definition) is 9. The summed E-state index contributed by atoms with van der Waals surface area (Å²) >= 11 is 6.06. The highest BCUT2D eigenvalue weighted by Crippen LogP contribution is 2.24. The smallest absolute Gasteiger partial charge is 0.323 e. The molecule has 0 atom stereocenters. The highest BCUT2D eigenvalue weighted by Gasteiger charge is 2.25. The van der Waals surface area contributed by atoms with Crippen molar-refractivity contribution in [3.05, 3.63) is 117 Å². The highest BCUT2D eigenvalue weighted by atomic mass is 79.9. The van der Waals surface area contributed by atoms with Crippen LogP contribution in [-0.2, 0) is 32.3 Å². The minimum atomic E-state index is -1.09. The minimum Gasteiger partial charge on any atom is -0.480 e. The lowest BCUT2D eigenvalue weighted by atomic mass is 10.2. The van der Waals surface area contributed by atoms with Crippen LogP contribution in [0, 0.1) is 11.6 Å². The number of fused-ring (bicyclic) bond motifs is 2. The number of carbonyl (C=O) groups excluding carboxylic acids is 5. The number of para-hydroxylation sites is 2. The number of carboxylic acid groups (broad SMARTS) is 1. The van der Waals surface area contributed by atoms with E-state index in [0.717, 1.165) is 0 Å². The number of carboxylic acids is 1. The van der Waals surface area contributed by atoms with Crippen LogP contribution in [0.5, 0.6) is 0 Å². The summed E-state index contributed by atoms with van der Waals surface area (Å²) in [6.45, 7) is 5.97. The summed E-state index contributed by atoms with van der Waals surface area (Å²) < 4.78 is 30.1. The van der Waals surface area contributed by atoms with Crippen molar-refractivity contribution in [3.63, 3.8) is 0 Å². The molecule has 4 aromatic carbocycles. The number of nitrogens with one attached hydrogen (secondary N) is 1. The van der Waals surface area contributed by atoms with Crippen LogP contribution >= 0.6 is 31.9 Å². The number of aliphatic carboxylic acids is 1. The molecule has 2 aromatic heterocycles. The number of nitrogen functional groups attached to an aromatic ring is 1. The Hall–Kier alpha value is -6.74. The topological polar surface area (TPSA) is 255 Å². The molecule has 2 heterocycles. The van der Waals surface area contributed by atoms with Gasteiger partial charge in [-0.1, -0.05) is 48.5 Å². The molecule has 21 heteroatoms. The lowest BCUT2D eigenvalue weighted by Crippen LogP contribution is -2.44. The molecule has 0 radical (unpaired) electrons. The van der Waals surface area contributed by atoms with E-state index in [1.165, 1.54) is 37.4 Å². The van der Waals surface area contributed by atoms with Crippen LogP contribution < -0.4 is 22.5 Å². The van der Waals surface area contributed by atoms with Crippen LogP contribution in [-0.4, -0.2) is 95.1 Å². The van der Waals surface area contributed by atoms with Crippen LogP contribution in [0.1, 0.15) is 48.7 Å². The Labute approximate surface area is 376 Å². The molecule has 0 saturated heterocycles. The largest absolute Gasteiger partial charge is 0.480 e. The Kier molecular flexibility index (Phi) is 17.0. The van der Waals surface area contributed by atoms with E-state index in [1.807, 2.05) is 0 Å².